The van der Waals surface area contributed by atoms with Crippen molar-refractivity contribution in [1.82, 2.24) is 0 Å². The van der Waals surface area contributed by atoms with E-state index in [1.807, 2.05) is 12.1 Å². The van der Waals surface area contributed by atoms with Gasteiger partial charge in [0.15, 0.2) is 0 Å². The van der Waals surface area contributed by atoms with Crippen molar-refractivity contribution in [3.63, 3.8) is 0 Å². The van der Waals surface area contributed by atoms with Gasteiger partial charge in [-0.25, -0.2) is 0 Å². The maximum atomic E-state index is 13.3. The quantitative estimate of drug-likeness (QED) is 0.154. The Morgan fingerprint density at radius 3 is 1.21 bits per heavy atom. The molecular formula is C38H32Cl2F6Hf. The molecular weight excluding hydrogens is 820 g/mol. The second-order valence-electron chi connectivity index (χ2n) is 12.5. The van der Waals surface area contributed by atoms with E-state index in [-0.39, 0.29) is 24.8 Å². The Morgan fingerprint density at radius 1 is 0.553 bits per heavy atom. The number of benzene rings is 4. The van der Waals surface area contributed by atoms with Crippen LogP contribution in [0.2, 0.25) is 8.35 Å². The summed E-state index contributed by atoms with van der Waals surface area (Å²) in [4.78, 5) is 0. The summed E-state index contributed by atoms with van der Waals surface area (Å²) in [5.41, 5.74) is 10.0. The maximum Gasteiger partial charge on any atom is -1.00 e. The van der Waals surface area contributed by atoms with Gasteiger partial charge in [0, 0.05) is 0 Å². The summed E-state index contributed by atoms with van der Waals surface area (Å²) in [7, 11) is 0. The van der Waals surface area contributed by atoms with Gasteiger partial charge in [-0.1, -0.05) is 0 Å². The third-order valence-electron chi connectivity index (χ3n) is 10.1. The van der Waals surface area contributed by atoms with Gasteiger partial charge in [-0.05, 0) is 0 Å². The van der Waals surface area contributed by atoms with Gasteiger partial charge in [-0.15, -0.1) is 0 Å². The molecule has 0 spiro atoms. The number of alkyl halides is 6. The SMILES string of the molecule is CCC1=Cc2c(-c3ccc(C(F)(F)F)cc3)cccc2[CH]1[Hf+2]1([CH]2C(CC)=Cc3c(-c4ccc(C(F)(F)F)cc4)cccc32)[CH2][CH2]1.[Cl-].[Cl-]. The van der Waals surface area contributed by atoms with Crippen LogP contribution < -0.4 is 24.8 Å². The van der Waals surface area contributed by atoms with Crippen LogP contribution in [0, 0.1) is 0 Å². The number of fused-ring (bicyclic) bond motifs is 2. The second kappa shape index (κ2) is 13.0. The van der Waals surface area contributed by atoms with E-state index in [9.17, 15) is 26.3 Å². The zero-order valence-corrected chi connectivity index (χ0v) is 30.8. The van der Waals surface area contributed by atoms with Crippen molar-refractivity contribution in [1.29, 1.82) is 0 Å². The van der Waals surface area contributed by atoms with E-state index >= 15 is 0 Å². The third-order valence-corrected chi connectivity index (χ3v) is 29.2. The summed E-state index contributed by atoms with van der Waals surface area (Å²) in [6.45, 7) is 4.41. The van der Waals surface area contributed by atoms with Gasteiger partial charge >= 0.3 is 265 Å². The molecule has 0 bridgehead atoms. The summed E-state index contributed by atoms with van der Waals surface area (Å²) < 4.78 is 83.0. The predicted molar refractivity (Wildman–Crippen MR) is 165 cm³/mol. The fourth-order valence-electron chi connectivity index (χ4n) is 7.97. The average Bonchev–Trinajstić information content (AvgIpc) is 3.55. The van der Waals surface area contributed by atoms with Crippen LogP contribution in [0.15, 0.2) is 96.1 Å². The fourth-order valence-corrected chi connectivity index (χ4v) is 36.5. The first-order valence-electron chi connectivity index (χ1n) is 15.5. The molecule has 0 amide bonds. The molecule has 3 aliphatic rings. The number of hydrogen-bond donors (Lipinski definition) is 0. The van der Waals surface area contributed by atoms with E-state index in [4.69, 9.17) is 0 Å². The Labute approximate surface area is 288 Å². The standard InChI is InChI=1S/2C18H14F3.C2H4.2ClH.Hf/c2*1-2-12-10-14-4-3-5-16(17(14)11-12)13-6-8-15(9-7-13)18(19,20)21;1-2;;;/h2*3-11H,2H2,1H3;1-2H2;2*1H;/q;;;;;+2/p-2. The summed E-state index contributed by atoms with van der Waals surface area (Å²) in [5, 5.41) is 0. The van der Waals surface area contributed by atoms with Crippen LogP contribution in [-0.2, 0) is 32.3 Å². The molecule has 0 nitrogen and oxygen atoms in total. The molecule has 1 aliphatic heterocycles. The molecule has 4 aromatic rings. The van der Waals surface area contributed by atoms with Crippen LogP contribution in [-0.4, -0.2) is 0 Å². The van der Waals surface area contributed by atoms with Crippen LogP contribution in [0.4, 0.5) is 26.3 Å². The zero-order chi connectivity index (χ0) is 31.7. The molecule has 0 aromatic heterocycles. The minimum atomic E-state index is -4.38. The van der Waals surface area contributed by atoms with Gasteiger partial charge in [-0.3, -0.25) is 0 Å². The van der Waals surface area contributed by atoms with Gasteiger partial charge in [0.25, 0.3) is 0 Å². The van der Waals surface area contributed by atoms with E-state index in [2.05, 4.69) is 50.3 Å². The molecule has 1 saturated heterocycles. The molecule has 2 unspecified atom stereocenters. The minimum absolute atomic E-state index is 0. The largest absolute Gasteiger partial charge is 1.00 e. The Kier molecular flexibility index (Phi) is 9.89. The van der Waals surface area contributed by atoms with Crippen LogP contribution in [0.5, 0.6) is 0 Å². The van der Waals surface area contributed by atoms with Crippen molar-refractivity contribution in [2.24, 2.45) is 0 Å². The van der Waals surface area contributed by atoms with Crippen molar-refractivity contribution in [2.75, 3.05) is 0 Å². The van der Waals surface area contributed by atoms with Crippen molar-refractivity contribution in [3.05, 3.63) is 129 Å². The topological polar surface area (TPSA) is 0 Å². The molecule has 0 radical (unpaired) electrons. The van der Waals surface area contributed by atoms with E-state index in [1.54, 1.807) is 24.3 Å². The third kappa shape index (κ3) is 6.10. The summed E-state index contributed by atoms with van der Waals surface area (Å²) in [6.07, 6.45) is -2.28. The molecule has 47 heavy (non-hydrogen) atoms. The zero-order valence-electron chi connectivity index (χ0n) is 25.7. The summed E-state index contributed by atoms with van der Waals surface area (Å²) >= 11 is -3.19. The Hall–Kier alpha value is -2.61. The molecule has 2 aliphatic carbocycles. The number of allylic oxidation sites excluding steroid dienone is 2. The molecule has 1 heterocycles. The number of halogens is 8. The maximum absolute atomic E-state index is 13.3. The molecule has 7 rings (SSSR count). The second-order valence-corrected chi connectivity index (χ2v) is 29.1. The van der Waals surface area contributed by atoms with E-state index in [0.29, 0.717) is 7.35 Å². The summed E-state index contributed by atoms with van der Waals surface area (Å²) in [5.74, 6) is 0. The molecule has 244 valence electrons. The first kappa shape index (κ1) is 35.7. The molecule has 0 saturated carbocycles. The van der Waals surface area contributed by atoms with Crippen LogP contribution >= 0.6 is 0 Å². The van der Waals surface area contributed by atoms with Crippen molar-refractivity contribution in [2.45, 2.75) is 54.7 Å². The summed E-state index contributed by atoms with van der Waals surface area (Å²) in [6, 6.07) is 23.6. The van der Waals surface area contributed by atoms with E-state index in [0.717, 1.165) is 70.5 Å². The first-order valence-corrected chi connectivity index (χ1v) is 24.7. The Balaban J connectivity index is 0.00000217. The average molecular weight is 852 g/mol. The van der Waals surface area contributed by atoms with Gasteiger partial charge in [0.1, 0.15) is 0 Å². The number of hydrogen-bond acceptors (Lipinski definition) is 0. The Bertz CT molecular complexity index is 1720. The minimum Gasteiger partial charge on any atom is -1.00 e. The van der Waals surface area contributed by atoms with Gasteiger partial charge in [0.05, 0.1) is 0 Å². The molecule has 4 aromatic carbocycles. The molecule has 1 fully saturated rings. The van der Waals surface area contributed by atoms with Gasteiger partial charge < -0.3 is 24.8 Å². The fraction of sp³-hybridized carbons (Fsp3) is 0.263. The smallest absolute Gasteiger partial charge is 1.00 e. The number of rotatable bonds is 6. The monoisotopic (exact) mass is 852 g/mol. The van der Waals surface area contributed by atoms with Gasteiger partial charge in [0.2, 0.25) is 0 Å². The van der Waals surface area contributed by atoms with Crippen molar-refractivity contribution >= 4 is 12.2 Å². The van der Waals surface area contributed by atoms with E-state index < -0.39 is 43.4 Å². The van der Waals surface area contributed by atoms with Crippen LogP contribution in [0.1, 0.15) is 67.4 Å². The van der Waals surface area contributed by atoms with Crippen LogP contribution in [0.25, 0.3) is 34.4 Å². The van der Waals surface area contributed by atoms with Crippen molar-refractivity contribution in [3.8, 4) is 22.3 Å². The predicted octanol–water partition coefficient (Wildman–Crippen LogP) is 6.47. The van der Waals surface area contributed by atoms with Crippen LogP contribution in [0.3, 0.4) is 0 Å². The Morgan fingerprint density at radius 2 is 0.915 bits per heavy atom. The molecule has 2 atom stereocenters. The molecule has 9 heteroatoms. The molecule has 0 N–H and O–H groups in total. The van der Waals surface area contributed by atoms with E-state index in [1.165, 1.54) is 30.6 Å². The normalized spacial score (nSPS) is 18.5. The first-order chi connectivity index (χ1) is 21.5. The van der Waals surface area contributed by atoms with Gasteiger partial charge in [-0.2, -0.15) is 0 Å². The van der Waals surface area contributed by atoms with Crippen molar-refractivity contribution < 1.29 is 71.1 Å².